The maximum atomic E-state index is 12.0. The second-order valence-corrected chi connectivity index (χ2v) is 9.50. The molecular weight excluding hydrogens is 529 g/mol. The molecule has 1 unspecified atom stereocenters. The molecular formula is C17H30IN5O4S2. The van der Waals surface area contributed by atoms with Crippen molar-refractivity contribution in [1.82, 2.24) is 19.9 Å². The summed E-state index contributed by atoms with van der Waals surface area (Å²) in [6.07, 6.45) is 0.674. The van der Waals surface area contributed by atoms with Crippen LogP contribution in [0.2, 0.25) is 0 Å². The molecule has 1 fully saturated rings. The van der Waals surface area contributed by atoms with Crippen LogP contribution in [0.1, 0.15) is 53.6 Å². The van der Waals surface area contributed by atoms with Crippen LogP contribution in [0.3, 0.4) is 0 Å². The van der Waals surface area contributed by atoms with Gasteiger partial charge < -0.3 is 15.4 Å². The van der Waals surface area contributed by atoms with E-state index in [2.05, 4.69) is 20.6 Å². The van der Waals surface area contributed by atoms with Gasteiger partial charge in [-0.15, -0.1) is 35.3 Å². The molecule has 29 heavy (non-hydrogen) atoms. The fourth-order valence-electron chi connectivity index (χ4n) is 2.79. The SMILES string of the molecule is CCNC(=NCCN1CCCS1(=O)=O)NC(C)c1nc(C)c(C(=O)OCC)s1.I. The molecule has 1 aromatic rings. The van der Waals surface area contributed by atoms with E-state index in [9.17, 15) is 13.2 Å². The number of guanidine groups is 1. The largest absolute Gasteiger partial charge is 0.462 e. The van der Waals surface area contributed by atoms with Crippen molar-refractivity contribution in [1.29, 1.82) is 0 Å². The van der Waals surface area contributed by atoms with Gasteiger partial charge in [-0.3, -0.25) is 4.99 Å². The standard InChI is InChI=1S/C17H29N5O4S2.HI/c1-5-18-17(19-8-10-22-9-7-11-28(22,24)25)21-13(4)15-20-12(3)14(27-15)16(23)26-6-2;/h13H,5-11H2,1-4H3,(H2,18,19,21);1H. The average Bonchev–Trinajstić information content (AvgIpc) is 3.17. The molecule has 12 heteroatoms. The Balaban J connectivity index is 0.00000420. The highest BCUT2D eigenvalue weighted by molar-refractivity contribution is 14.0. The molecule has 1 aliphatic rings. The van der Waals surface area contributed by atoms with Gasteiger partial charge in [-0.1, -0.05) is 0 Å². The minimum Gasteiger partial charge on any atom is -0.462 e. The minimum atomic E-state index is -3.11. The van der Waals surface area contributed by atoms with Gasteiger partial charge in [0.15, 0.2) is 5.96 Å². The van der Waals surface area contributed by atoms with Gasteiger partial charge in [-0.2, -0.15) is 0 Å². The predicted molar refractivity (Wildman–Crippen MR) is 126 cm³/mol. The second-order valence-electron chi connectivity index (χ2n) is 6.38. The molecule has 2 N–H and O–H groups in total. The van der Waals surface area contributed by atoms with E-state index in [0.29, 0.717) is 55.7 Å². The zero-order valence-electron chi connectivity index (χ0n) is 17.2. The molecule has 0 bridgehead atoms. The number of carbonyl (C=O) groups is 1. The fourth-order valence-corrected chi connectivity index (χ4v) is 5.27. The van der Waals surface area contributed by atoms with Crippen molar-refractivity contribution in [2.24, 2.45) is 4.99 Å². The van der Waals surface area contributed by atoms with E-state index >= 15 is 0 Å². The van der Waals surface area contributed by atoms with Gasteiger partial charge in [-0.05, 0) is 34.1 Å². The van der Waals surface area contributed by atoms with Crippen molar-refractivity contribution >= 4 is 57.3 Å². The van der Waals surface area contributed by atoms with Crippen molar-refractivity contribution in [3.63, 3.8) is 0 Å². The Hall–Kier alpha value is -0.990. The lowest BCUT2D eigenvalue weighted by Gasteiger charge is -2.17. The van der Waals surface area contributed by atoms with Gasteiger partial charge >= 0.3 is 5.97 Å². The summed E-state index contributed by atoms with van der Waals surface area (Å²) < 4.78 is 30.3. The first kappa shape index (κ1) is 26.0. The molecule has 0 aliphatic carbocycles. The summed E-state index contributed by atoms with van der Waals surface area (Å²) in [5.74, 6) is 0.443. The van der Waals surface area contributed by atoms with Crippen molar-refractivity contribution < 1.29 is 17.9 Å². The van der Waals surface area contributed by atoms with E-state index in [4.69, 9.17) is 4.74 Å². The highest BCUT2D eigenvalue weighted by atomic mass is 127. The second kappa shape index (κ2) is 12.0. The Morgan fingerprint density at radius 3 is 2.72 bits per heavy atom. The number of halogens is 1. The number of thiazole rings is 1. The third-order valence-corrected chi connectivity index (χ3v) is 7.44. The quantitative estimate of drug-likeness (QED) is 0.217. The minimum absolute atomic E-state index is 0. The Morgan fingerprint density at radius 2 is 2.14 bits per heavy atom. The summed E-state index contributed by atoms with van der Waals surface area (Å²) in [4.78, 5) is 21.4. The zero-order chi connectivity index (χ0) is 20.7. The molecule has 1 aromatic heterocycles. The summed E-state index contributed by atoms with van der Waals surface area (Å²) in [6.45, 7) is 9.75. The number of nitrogens with zero attached hydrogens (tertiary/aromatic N) is 3. The maximum Gasteiger partial charge on any atom is 0.350 e. The molecule has 0 saturated carbocycles. The van der Waals surface area contributed by atoms with E-state index in [-0.39, 0.29) is 41.7 Å². The van der Waals surface area contributed by atoms with Gasteiger partial charge in [0, 0.05) is 19.6 Å². The molecule has 1 saturated heterocycles. The number of ether oxygens (including phenoxy) is 1. The topological polar surface area (TPSA) is 113 Å². The van der Waals surface area contributed by atoms with Crippen LogP contribution in [0.25, 0.3) is 0 Å². The summed E-state index contributed by atoms with van der Waals surface area (Å²) in [6, 6.07) is -0.166. The van der Waals surface area contributed by atoms with Crippen LogP contribution in [0.5, 0.6) is 0 Å². The summed E-state index contributed by atoms with van der Waals surface area (Å²) in [7, 11) is -3.11. The number of esters is 1. The zero-order valence-corrected chi connectivity index (χ0v) is 21.2. The van der Waals surface area contributed by atoms with Crippen LogP contribution in [0.4, 0.5) is 0 Å². The lowest BCUT2D eigenvalue weighted by molar-refractivity contribution is 0.0531. The number of carbonyl (C=O) groups excluding carboxylic acids is 1. The molecule has 1 aliphatic heterocycles. The molecule has 0 radical (unpaired) electrons. The third kappa shape index (κ3) is 7.33. The number of aryl methyl sites for hydroxylation is 1. The summed E-state index contributed by atoms with van der Waals surface area (Å²) in [5, 5.41) is 7.17. The Morgan fingerprint density at radius 1 is 1.41 bits per heavy atom. The highest BCUT2D eigenvalue weighted by Gasteiger charge is 2.27. The van der Waals surface area contributed by atoms with Crippen LogP contribution in [-0.2, 0) is 14.8 Å². The van der Waals surface area contributed by atoms with E-state index in [1.807, 2.05) is 13.8 Å². The van der Waals surface area contributed by atoms with Crippen molar-refractivity contribution in [2.75, 3.05) is 38.5 Å². The number of hydrogen-bond acceptors (Lipinski definition) is 7. The smallest absolute Gasteiger partial charge is 0.350 e. The van der Waals surface area contributed by atoms with Gasteiger partial charge in [0.1, 0.15) is 9.88 Å². The third-order valence-electron chi connectivity index (χ3n) is 4.16. The number of sulfonamides is 1. The van der Waals surface area contributed by atoms with E-state index < -0.39 is 10.0 Å². The maximum absolute atomic E-state index is 12.0. The first-order chi connectivity index (χ1) is 13.3. The Labute approximate surface area is 193 Å². The molecule has 9 nitrogen and oxygen atoms in total. The number of rotatable bonds is 8. The van der Waals surface area contributed by atoms with Crippen molar-refractivity contribution in [2.45, 2.75) is 40.2 Å². The number of aromatic nitrogens is 1. The molecule has 0 amide bonds. The molecule has 0 spiro atoms. The normalized spacial score (nSPS) is 17.4. The van der Waals surface area contributed by atoms with Crippen LogP contribution < -0.4 is 10.6 Å². The van der Waals surface area contributed by atoms with E-state index in [1.165, 1.54) is 15.6 Å². The monoisotopic (exact) mass is 559 g/mol. The van der Waals surface area contributed by atoms with Gasteiger partial charge in [0.25, 0.3) is 0 Å². The highest BCUT2D eigenvalue weighted by Crippen LogP contribution is 2.24. The van der Waals surface area contributed by atoms with E-state index in [0.717, 1.165) is 5.01 Å². The molecule has 2 rings (SSSR count). The Kier molecular flexibility index (Phi) is 10.8. The lowest BCUT2D eigenvalue weighted by atomic mass is 10.3. The van der Waals surface area contributed by atoms with Crippen molar-refractivity contribution in [3.05, 3.63) is 15.6 Å². The van der Waals surface area contributed by atoms with Crippen LogP contribution in [0.15, 0.2) is 4.99 Å². The van der Waals surface area contributed by atoms with Crippen LogP contribution in [-0.4, -0.2) is 68.2 Å². The molecule has 2 heterocycles. The molecule has 166 valence electrons. The van der Waals surface area contributed by atoms with Gasteiger partial charge in [0.05, 0.1) is 30.6 Å². The van der Waals surface area contributed by atoms with Crippen LogP contribution >= 0.6 is 35.3 Å². The molecule has 0 aromatic carbocycles. The molecule has 1 atom stereocenters. The van der Waals surface area contributed by atoms with Crippen LogP contribution in [0, 0.1) is 6.92 Å². The van der Waals surface area contributed by atoms with Gasteiger partial charge in [0.2, 0.25) is 10.0 Å². The fraction of sp³-hybridized carbons (Fsp3) is 0.706. The van der Waals surface area contributed by atoms with Gasteiger partial charge in [-0.25, -0.2) is 22.5 Å². The Bertz CT molecular complexity index is 813. The van der Waals surface area contributed by atoms with Crippen molar-refractivity contribution in [3.8, 4) is 0 Å². The summed E-state index contributed by atoms with van der Waals surface area (Å²) >= 11 is 1.30. The first-order valence-corrected chi connectivity index (χ1v) is 11.9. The average molecular weight is 559 g/mol. The van der Waals surface area contributed by atoms with E-state index in [1.54, 1.807) is 13.8 Å². The number of aliphatic imine (C=N–C) groups is 1. The lowest BCUT2D eigenvalue weighted by Crippen LogP contribution is -2.39. The summed E-state index contributed by atoms with van der Waals surface area (Å²) in [5.41, 5.74) is 0.647. The first-order valence-electron chi connectivity index (χ1n) is 9.45. The number of nitrogens with one attached hydrogen (secondary N) is 2. The number of hydrogen-bond donors (Lipinski definition) is 2. The predicted octanol–water partition coefficient (Wildman–Crippen LogP) is 1.90.